The lowest BCUT2D eigenvalue weighted by atomic mass is 10.1. The molecule has 0 radical (unpaired) electrons. The van der Waals surface area contributed by atoms with Crippen molar-refractivity contribution >= 4 is 11.8 Å². The molecular weight excluding hydrogens is 204 g/mol. The summed E-state index contributed by atoms with van der Waals surface area (Å²) >= 11 is 1.93. The summed E-state index contributed by atoms with van der Waals surface area (Å²) in [5.41, 5.74) is 5.81. The van der Waals surface area contributed by atoms with Crippen molar-refractivity contribution in [2.45, 2.75) is 45.1 Å². The van der Waals surface area contributed by atoms with E-state index in [0.717, 1.165) is 6.54 Å². The molecule has 0 spiro atoms. The van der Waals surface area contributed by atoms with Gasteiger partial charge in [0.05, 0.1) is 0 Å². The third kappa shape index (κ3) is 8.12. The minimum atomic E-state index is 0.592. The third-order valence-electron chi connectivity index (χ3n) is 2.90. The summed E-state index contributed by atoms with van der Waals surface area (Å²) in [5.74, 6) is 1.26. The van der Waals surface area contributed by atoms with Crippen LogP contribution in [0.25, 0.3) is 0 Å². The van der Waals surface area contributed by atoms with Crippen LogP contribution in [0.5, 0.6) is 0 Å². The number of thioether (sulfide) groups is 1. The van der Waals surface area contributed by atoms with Crippen molar-refractivity contribution < 1.29 is 0 Å². The van der Waals surface area contributed by atoms with Crippen molar-refractivity contribution in [3.8, 4) is 0 Å². The molecule has 0 aliphatic carbocycles. The largest absolute Gasteiger partial charge is 0.329 e. The van der Waals surface area contributed by atoms with Crippen LogP contribution in [-0.2, 0) is 0 Å². The Morgan fingerprint density at radius 1 is 1.27 bits per heavy atom. The topological polar surface area (TPSA) is 29.3 Å². The smallest absolute Gasteiger partial charge is 0.0215 e. The van der Waals surface area contributed by atoms with Gasteiger partial charge in [-0.25, -0.2) is 0 Å². The summed E-state index contributed by atoms with van der Waals surface area (Å²) in [6.45, 7) is 4.25. The van der Waals surface area contributed by atoms with E-state index in [1.54, 1.807) is 0 Å². The van der Waals surface area contributed by atoms with Crippen molar-refractivity contribution in [3.63, 3.8) is 0 Å². The first-order valence-corrected chi connectivity index (χ1v) is 7.54. The Labute approximate surface area is 100.0 Å². The Balaban J connectivity index is 3.62. The van der Waals surface area contributed by atoms with Gasteiger partial charge in [0, 0.05) is 12.6 Å². The Morgan fingerprint density at radius 2 is 2.00 bits per heavy atom. The van der Waals surface area contributed by atoms with Gasteiger partial charge in [0.25, 0.3) is 0 Å². The number of unbranched alkanes of at least 4 members (excludes halogenated alkanes) is 2. The van der Waals surface area contributed by atoms with Crippen LogP contribution in [0.4, 0.5) is 0 Å². The normalized spacial score (nSPS) is 13.4. The molecule has 0 saturated heterocycles. The summed E-state index contributed by atoms with van der Waals surface area (Å²) in [5, 5.41) is 0. The molecule has 0 aromatic heterocycles. The number of hydrogen-bond acceptors (Lipinski definition) is 3. The quantitative estimate of drug-likeness (QED) is 0.587. The zero-order valence-corrected chi connectivity index (χ0v) is 11.5. The first-order valence-electron chi connectivity index (χ1n) is 6.15. The van der Waals surface area contributed by atoms with Crippen LogP contribution in [0.2, 0.25) is 0 Å². The maximum absolute atomic E-state index is 5.81. The van der Waals surface area contributed by atoms with Crippen molar-refractivity contribution in [2.24, 2.45) is 5.73 Å². The lowest BCUT2D eigenvalue weighted by Gasteiger charge is -2.26. The molecule has 0 rings (SSSR count). The average molecular weight is 232 g/mol. The van der Waals surface area contributed by atoms with Gasteiger partial charge in [-0.3, -0.25) is 0 Å². The van der Waals surface area contributed by atoms with Gasteiger partial charge < -0.3 is 10.6 Å². The second-order valence-corrected chi connectivity index (χ2v) is 5.20. The van der Waals surface area contributed by atoms with Crippen LogP contribution in [0.15, 0.2) is 0 Å². The third-order valence-corrected chi connectivity index (χ3v) is 3.59. The molecule has 0 bridgehead atoms. The highest BCUT2D eigenvalue weighted by molar-refractivity contribution is 7.98. The molecule has 0 aromatic carbocycles. The van der Waals surface area contributed by atoms with Crippen LogP contribution in [-0.4, -0.2) is 43.1 Å². The summed E-state index contributed by atoms with van der Waals surface area (Å²) in [4.78, 5) is 2.44. The Kier molecular flexibility index (Phi) is 11.0. The number of likely N-dealkylation sites (N-methyl/N-ethyl adjacent to an activating group) is 1. The van der Waals surface area contributed by atoms with Gasteiger partial charge in [0.15, 0.2) is 0 Å². The predicted molar refractivity (Wildman–Crippen MR) is 72.6 cm³/mol. The molecule has 0 amide bonds. The predicted octanol–water partition coefficient (Wildman–Crippen LogP) is 2.58. The summed E-state index contributed by atoms with van der Waals surface area (Å²) in [6.07, 6.45) is 8.66. The summed E-state index contributed by atoms with van der Waals surface area (Å²) < 4.78 is 0. The van der Waals surface area contributed by atoms with Gasteiger partial charge in [-0.15, -0.1) is 0 Å². The van der Waals surface area contributed by atoms with Gasteiger partial charge in [0.1, 0.15) is 0 Å². The second-order valence-electron chi connectivity index (χ2n) is 4.21. The molecule has 2 nitrogen and oxygen atoms in total. The molecule has 0 fully saturated rings. The molecule has 0 saturated carbocycles. The fraction of sp³-hybridized carbons (Fsp3) is 1.00. The highest BCUT2D eigenvalue weighted by Gasteiger charge is 2.11. The van der Waals surface area contributed by atoms with Crippen molar-refractivity contribution in [3.05, 3.63) is 0 Å². The highest BCUT2D eigenvalue weighted by Crippen LogP contribution is 2.08. The van der Waals surface area contributed by atoms with Gasteiger partial charge in [-0.1, -0.05) is 19.8 Å². The van der Waals surface area contributed by atoms with Crippen LogP contribution in [0.1, 0.15) is 39.0 Å². The summed E-state index contributed by atoms with van der Waals surface area (Å²) in [6, 6.07) is 0.592. The number of nitrogens with zero attached hydrogens (tertiary/aromatic N) is 1. The lowest BCUT2D eigenvalue weighted by molar-refractivity contribution is 0.230. The van der Waals surface area contributed by atoms with E-state index in [1.165, 1.54) is 44.4 Å². The average Bonchev–Trinajstić information content (AvgIpc) is 2.24. The molecule has 2 N–H and O–H groups in total. The second kappa shape index (κ2) is 10.8. The Morgan fingerprint density at radius 3 is 2.53 bits per heavy atom. The molecule has 0 aliphatic rings. The van der Waals surface area contributed by atoms with E-state index in [2.05, 4.69) is 25.1 Å². The van der Waals surface area contributed by atoms with Gasteiger partial charge in [0.2, 0.25) is 0 Å². The van der Waals surface area contributed by atoms with Gasteiger partial charge in [-0.05, 0) is 44.9 Å². The summed E-state index contributed by atoms with van der Waals surface area (Å²) in [7, 11) is 2.21. The van der Waals surface area contributed by atoms with E-state index in [4.69, 9.17) is 5.73 Å². The van der Waals surface area contributed by atoms with Crippen LogP contribution in [0.3, 0.4) is 0 Å². The first kappa shape index (κ1) is 15.3. The standard InChI is InChI=1S/C12H28N2S/c1-4-5-6-9-14(2)12(11-13)8-7-10-15-3/h12H,4-11,13H2,1-3H3. The molecule has 0 heterocycles. The molecule has 0 aromatic rings. The number of hydrogen-bond donors (Lipinski definition) is 1. The SMILES string of the molecule is CCCCCN(C)C(CN)CCCSC. The van der Waals surface area contributed by atoms with Crippen LogP contribution < -0.4 is 5.73 Å². The lowest BCUT2D eigenvalue weighted by Crippen LogP contribution is -2.38. The van der Waals surface area contributed by atoms with E-state index in [1.807, 2.05) is 11.8 Å². The molecule has 92 valence electrons. The maximum Gasteiger partial charge on any atom is 0.0215 e. The Bertz CT molecular complexity index is 131. The Hall–Kier alpha value is 0.270. The fourth-order valence-corrected chi connectivity index (χ4v) is 2.23. The number of rotatable bonds is 10. The molecular formula is C12H28N2S. The van der Waals surface area contributed by atoms with Crippen molar-refractivity contribution in [2.75, 3.05) is 32.1 Å². The number of nitrogens with two attached hydrogens (primary N) is 1. The zero-order valence-electron chi connectivity index (χ0n) is 10.7. The van der Waals surface area contributed by atoms with Crippen LogP contribution >= 0.6 is 11.8 Å². The van der Waals surface area contributed by atoms with Gasteiger partial charge >= 0.3 is 0 Å². The van der Waals surface area contributed by atoms with E-state index in [9.17, 15) is 0 Å². The molecule has 15 heavy (non-hydrogen) atoms. The van der Waals surface area contributed by atoms with Crippen LogP contribution in [0, 0.1) is 0 Å². The molecule has 1 unspecified atom stereocenters. The fourth-order valence-electron chi connectivity index (χ4n) is 1.78. The minimum absolute atomic E-state index is 0.592. The van der Waals surface area contributed by atoms with Gasteiger partial charge in [-0.2, -0.15) is 11.8 Å². The van der Waals surface area contributed by atoms with E-state index < -0.39 is 0 Å². The zero-order chi connectivity index (χ0) is 11.5. The van der Waals surface area contributed by atoms with Crippen molar-refractivity contribution in [1.82, 2.24) is 4.90 Å². The van der Waals surface area contributed by atoms with E-state index >= 15 is 0 Å². The monoisotopic (exact) mass is 232 g/mol. The minimum Gasteiger partial charge on any atom is -0.329 e. The van der Waals surface area contributed by atoms with E-state index in [0.29, 0.717) is 6.04 Å². The first-order chi connectivity index (χ1) is 7.26. The molecule has 1 atom stereocenters. The highest BCUT2D eigenvalue weighted by atomic mass is 32.2. The molecule has 3 heteroatoms. The molecule has 0 aliphatic heterocycles. The maximum atomic E-state index is 5.81. The van der Waals surface area contributed by atoms with E-state index in [-0.39, 0.29) is 0 Å². The van der Waals surface area contributed by atoms with Crippen molar-refractivity contribution in [1.29, 1.82) is 0 Å².